The molecule has 0 fully saturated rings. The maximum atomic E-state index is 3.68. The Bertz CT molecular complexity index is 111. The van der Waals surface area contributed by atoms with Crippen LogP contribution < -0.4 is 11.0 Å². The third-order valence-electron chi connectivity index (χ3n) is 0.779. The number of nitrogens with zero attached hydrogens (tertiary/aromatic N) is 1. The molecule has 2 N–H and O–H groups in total. The SMILES string of the molecule is CC=C1C=NNN1. The summed E-state index contributed by atoms with van der Waals surface area (Å²) in [6.45, 7) is 1.95. The topological polar surface area (TPSA) is 36.4 Å². The van der Waals surface area contributed by atoms with Gasteiger partial charge in [-0.15, -0.1) is 0 Å². The molecule has 0 atom stereocenters. The molecule has 38 valence electrons. The van der Waals surface area contributed by atoms with E-state index >= 15 is 0 Å². The Morgan fingerprint density at radius 2 is 2.71 bits per heavy atom. The first-order valence-electron chi connectivity index (χ1n) is 2.14. The van der Waals surface area contributed by atoms with Crippen LogP contribution in [0.4, 0.5) is 0 Å². The van der Waals surface area contributed by atoms with Gasteiger partial charge in [-0.2, -0.15) is 5.10 Å². The van der Waals surface area contributed by atoms with Crippen molar-refractivity contribution in [2.75, 3.05) is 0 Å². The van der Waals surface area contributed by atoms with E-state index in [0.717, 1.165) is 5.70 Å². The zero-order chi connectivity index (χ0) is 5.11. The lowest BCUT2D eigenvalue weighted by atomic mass is 10.5. The molecule has 0 radical (unpaired) electrons. The molecule has 1 rings (SSSR count). The number of rotatable bonds is 0. The van der Waals surface area contributed by atoms with Gasteiger partial charge in [0.15, 0.2) is 0 Å². The molecule has 0 aliphatic carbocycles. The van der Waals surface area contributed by atoms with Crippen LogP contribution in [0.5, 0.6) is 0 Å². The Morgan fingerprint density at radius 3 is 3.00 bits per heavy atom. The van der Waals surface area contributed by atoms with Gasteiger partial charge >= 0.3 is 0 Å². The minimum absolute atomic E-state index is 1.01. The monoisotopic (exact) mass is 97.1 g/mol. The van der Waals surface area contributed by atoms with E-state index in [2.05, 4.69) is 16.1 Å². The highest BCUT2D eigenvalue weighted by molar-refractivity contribution is 5.78. The molecule has 0 amide bonds. The van der Waals surface area contributed by atoms with Crippen LogP contribution in [0.3, 0.4) is 0 Å². The Balaban J connectivity index is 2.59. The van der Waals surface area contributed by atoms with Crippen LogP contribution in [0, 0.1) is 0 Å². The Labute approximate surface area is 42.1 Å². The first kappa shape index (κ1) is 4.18. The van der Waals surface area contributed by atoms with Crippen LogP contribution in [0.15, 0.2) is 16.9 Å². The van der Waals surface area contributed by atoms with E-state index in [1.54, 1.807) is 6.21 Å². The molecule has 1 aliphatic heterocycles. The molecule has 3 heteroatoms. The largest absolute Gasteiger partial charge is 0.284 e. The van der Waals surface area contributed by atoms with Crippen molar-refractivity contribution in [3.63, 3.8) is 0 Å². The number of nitrogens with one attached hydrogen (secondary N) is 2. The highest BCUT2D eigenvalue weighted by Crippen LogP contribution is 1.84. The molecule has 0 aromatic rings. The van der Waals surface area contributed by atoms with Crippen LogP contribution in [0.2, 0.25) is 0 Å². The van der Waals surface area contributed by atoms with Gasteiger partial charge in [0.1, 0.15) is 0 Å². The molecule has 0 unspecified atom stereocenters. The molecule has 0 bridgehead atoms. The molecule has 3 nitrogen and oxygen atoms in total. The first-order valence-corrected chi connectivity index (χ1v) is 2.14. The van der Waals surface area contributed by atoms with Gasteiger partial charge in [0.05, 0.1) is 11.9 Å². The number of allylic oxidation sites excluding steroid dienone is 2. The summed E-state index contributed by atoms with van der Waals surface area (Å²) in [5.41, 5.74) is 6.38. The van der Waals surface area contributed by atoms with E-state index < -0.39 is 0 Å². The molecule has 0 aromatic carbocycles. The molecule has 1 aliphatic rings. The smallest absolute Gasteiger partial charge is 0.0735 e. The Morgan fingerprint density at radius 1 is 1.86 bits per heavy atom. The van der Waals surface area contributed by atoms with Gasteiger partial charge in [0.2, 0.25) is 0 Å². The number of hydrazone groups is 1. The third-order valence-corrected chi connectivity index (χ3v) is 0.779. The number of hydrogen-bond donors (Lipinski definition) is 2. The molecule has 0 spiro atoms. The quantitative estimate of drug-likeness (QED) is 0.446. The summed E-state index contributed by atoms with van der Waals surface area (Å²) in [5, 5.41) is 3.68. The average molecular weight is 97.1 g/mol. The van der Waals surface area contributed by atoms with Crippen molar-refractivity contribution < 1.29 is 0 Å². The van der Waals surface area contributed by atoms with Crippen molar-refractivity contribution >= 4 is 6.21 Å². The van der Waals surface area contributed by atoms with Crippen LogP contribution >= 0.6 is 0 Å². The summed E-state index contributed by atoms with van der Waals surface area (Å²) in [7, 11) is 0. The molecule has 1 heterocycles. The summed E-state index contributed by atoms with van der Waals surface area (Å²) < 4.78 is 0. The normalized spacial score (nSPS) is 22.1. The minimum atomic E-state index is 1.01. The Kier molecular flexibility index (Phi) is 0.978. The van der Waals surface area contributed by atoms with E-state index in [4.69, 9.17) is 0 Å². The molecule has 0 saturated heterocycles. The van der Waals surface area contributed by atoms with Crippen LogP contribution in [-0.2, 0) is 0 Å². The fraction of sp³-hybridized carbons (Fsp3) is 0.250. The molecule has 7 heavy (non-hydrogen) atoms. The fourth-order valence-corrected chi connectivity index (χ4v) is 0.378. The maximum Gasteiger partial charge on any atom is 0.0735 e. The van der Waals surface area contributed by atoms with E-state index in [1.807, 2.05) is 13.0 Å². The zero-order valence-electron chi connectivity index (χ0n) is 4.10. The van der Waals surface area contributed by atoms with Crippen molar-refractivity contribution in [1.82, 2.24) is 11.0 Å². The van der Waals surface area contributed by atoms with Gasteiger partial charge in [-0.3, -0.25) is 5.43 Å². The third kappa shape index (κ3) is 0.707. The number of hydrazine groups is 1. The molecular formula is C4H7N3. The van der Waals surface area contributed by atoms with Gasteiger partial charge in [0, 0.05) is 0 Å². The fourth-order valence-electron chi connectivity index (χ4n) is 0.378. The van der Waals surface area contributed by atoms with E-state index in [1.165, 1.54) is 0 Å². The Hall–Kier alpha value is -0.990. The summed E-state index contributed by atoms with van der Waals surface area (Å²) >= 11 is 0. The van der Waals surface area contributed by atoms with Crippen molar-refractivity contribution in [3.8, 4) is 0 Å². The summed E-state index contributed by atoms with van der Waals surface area (Å²) in [4.78, 5) is 0. The predicted octanol–water partition coefficient (Wildman–Crippen LogP) is -0.0162. The second-order valence-corrected chi connectivity index (χ2v) is 1.24. The van der Waals surface area contributed by atoms with E-state index in [9.17, 15) is 0 Å². The summed E-state index contributed by atoms with van der Waals surface area (Å²) in [6, 6.07) is 0. The lowest BCUT2D eigenvalue weighted by molar-refractivity contribution is 0.689. The van der Waals surface area contributed by atoms with Gasteiger partial charge in [-0.1, -0.05) is 6.08 Å². The van der Waals surface area contributed by atoms with Gasteiger partial charge < -0.3 is 0 Å². The molecule has 0 aromatic heterocycles. The lowest BCUT2D eigenvalue weighted by Crippen LogP contribution is -2.18. The van der Waals surface area contributed by atoms with Gasteiger partial charge in [-0.25, -0.2) is 5.53 Å². The summed E-state index contributed by atoms with van der Waals surface area (Å²) in [5.74, 6) is 0. The highest BCUT2D eigenvalue weighted by Gasteiger charge is 1.91. The van der Waals surface area contributed by atoms with Crippen LogP contribution in [0.1, 0.15) is 6.92 Å². The lowest BCUT2D eigenvalue weighted by Gasteiger charge is -1.90. The summed E-state index contributed by atoms with van der Waals surface area (Å²) in [6.07, 6.45) is 3.66. The van der Waals surface area contributed by atoms with Crippen LogP contribution in [-0.4, -0.2) is 6.21 Å². The van der Waals surface area contributed by atoms with E-state index in [0.29, 0.717) is 0 Å². The predicted molar refractivity (Wildman–Crippen MR) is 28.5 cm³/mol. The van der Waals surface area contributed by atoms with Gasteiger partial charge in [0.25, 0.3) is 0 Å². The van der Waals surface area contributed by atoms with Crippen LogP contribution in [0.25, 0.3) is 0 Å². The van der Waals surface area contributed by atoms with Crippen molar-refractivity contribution in [3.05, 3.63) is 11.8 Å². The second-order valence-electron chi connectivity index (χ2n) is 1.24. The first-order chi connectivity index (χ1) is 3.43. The van der Waals surface area contributed by atoms with Crippen molar-refractivity contribution in [1.29, 1.82) is 0 Å². The maximum absolute atomic E-state index is 3.68. The zero-order valence-corrected chi connectivity index (χ0v) is 4.10. The van der Waals surface area contributed by atoms with Gasteiger partial charge in [-0.05, 0) is 6.92 Å². The molecule has 0 saturated carbocycles. The highest BCUT2D eigenvalue weighted by atomic mass is 15.6. The van der Waals surface area contributed by atoms with Crippen molar-refractivity contribution in [2.24, 2.45) is 5.10 Å². The standard InChI is InChI=1S/C4H7N3/c1-2-4-3-5-7-6-4/h2-3,6-7H,1H3. The van der Waals surface area contributed by atoms with E-state index in [-0.39, 0.29) is 0 Å². The minimum Gasteiger partial charge on any atom is -0.284 e. The number of hydrogen-bond acceptors (Lipinski definition) is 3. The average Bonchev–Trinajstić information content (AvgIpc) is 2.14. The molecular weight excluding hydrogens is 90.1 g/mol. The second kappa shape index (κ2) is 1.64. The van der Waals surface area contributed by atoms with Crippen molar-refractivity contribution in [2.45, 2.75) is 6.92 Å².